The zero-order valence-corrected chi connectivity index (χ0v) is 13.0. The molecule has 0 radical (unpaired) electrons. The summed E-state index contributed by atoms with van der Waals surface area (Å²) >= 11 is 0. The minimum absolute atomic E-state index is 0.739. The number of likely N-dealkylation sites (N-methyl/N-ethyl adjacent to an activating group) is 1. The Balaban J connectivity index is 1.46. The van der Waals surface area contributed by atoms with Crippen LogP contribution in [0, 0.1) is 0 Å². The second kappa shape index (κ2) is 6.27. The zero-order valence-electron chi connectivity index (χ0n) is 13.0. The Morgan fingerprint density at radius 3 is 2.90 bits per heavy atom. The van der Waals surface area contributed by atoms with Gasteiger partial charge in [0.2, 0.25) is 0 Å². The summed E-state index contributed by atoms with van der Waals surface area (Å²) in [4.78, 5) is 9.42. The van der Waals surface area contributed by atoms with E-state index in [-0.39, 0.29) is 0 Å². The lowest BCUT2D eigenvalue weighted by Crippen LogP contribution is -2.41. The summed E-state index contributed by atoms with van der Waals surface area (Å²) in [6.45, 7) is 7.05. The van der Waals surface area contributed by atoms with Gasteiger partial charge in [0, 0.05) is 37.9 Å². The number of likely N-dealkylation sites (tertiary alicyclic amines) is 1. The van der Waals surface area contributed by atoms with Gasteiger partial charge in [-0.15, -0.1) is 0 Å². The number of nitrogens with zero attached hydrogens (tertiary/aromatic N) is 4. The van der Waals surface area contributed by atoms with Crippen LogP contribution in [0.15, 0.2) is 12.5 Å². The minimum Gasteiger partial charge on any atom is -0.330 e. The highest BCUT2D eigenvalue weighted by molar-refractivity contribution is 5.03. The lowest BCUT2D eigenvalue weighted by Gasteiger charge is -2.34. The molecule has 4 heteroatoms. The van der Waals surface area contributed by atoms with E-state index in [0.29, 0.717) is 0 Å². The van der Waals surface area contributed by atoms with Crippen molar-refractivity contribution in [2.45, 2.75) is 57.7 Å². The fourth-order valence-electron chi connectivity index (χ4n) is 3.28. The standard InChI is InChI=1S/C16H28N4/c1-14-5-3-4-8-19(14)10-9-18(2)12-16-11-17-13-20(16)15-6-7-15/h11,13-15H,3-10,12H2,1-2H3/t14-/m1/s1. The largest absolute Gasteiger partial charge is 0.330 e. The average Bonchev–Trinajstić information content (AvgIpc) is 3.19. The molecule has 0 spiro atoms. The molecule has 1 aromatic heterocycles. The van der Waals surface area contributed by atoms with Crippen LogP contribution in [0.25, 0.3) is 0 Å². The van der Waals surface area contributed by atoms with E-state index >= 15 is 0 Å². The third-order valence-corrected chi connectivity index (χ3v) is 4.83. The van der Waals surface area contributed by atoms with E-state index in [1.165, 1.54) is 50.9 Å². The second-order valence-electron chi connectivity index (χ2n) is 6.64. The van der Waals surface area contributed by atoms with E-state index in [1.807, 2.05) is 12.5 Å². The van der Waals surface area contributed by atoms with Crippen LogP contribution in [0.3, 0.4) is 0 Å². The Labute approximate surface area is 122 Å². The SMILES string of the molecule is C[C@@H]1CCCCN1CCN(C)Cc1cncn1C1CC1. The van der Waals surface area contributed by atoms with Gasteiger partial charge in [0.1, 0.15) is 0 Å². The van der Waals surface area contributed by atoms with Crippen LogP contribution in [-0.2, 0) is 6.54 Å². The van der Waals surface area contributed by atoms with Crippen LogP contribution < -0.4 is 0 Å². The summed E-state index contributed by atoms with van der Waals surface area (Å²) in [6, 6.07) is 1.51. The number of hydrogen-bond acceptors (Lipinski definition) is 3. The summed E-state index contributed by atoms with van der Waals surface area (Å²) in [6.07, 6.45) is 10.9. The Kier molecular flexibility index (Phi) is 4.41. The van der Waals surface area contributed by atoms with E-state index in [4.69, 9.17) is 0 Å². The van der Waals surface area contributed by atoms with Crippen LogP contribution in [0.1, 0.15) is 50.8 Å². The highest BCUT2D eigenvalue weighted by Crippen LogP contribution is 2.35. The minimum atomic E-state index is 0.739. The maximum absolute atomic E-state index is 4.32. The van der Waals surface area contributed by atoms with Crippen molar-refractivity contribution in [2.75, 3.05) is 26.7 Å². The molecule has 3 rings (SSSR count). The average molecular weight is 276 g/mol. The third-order valence-electron chi connectivity index (χ3n) is 4.83. The molecule has 0 amide bonds. The van der Waals surface area contributed by atoms with Gasteiger partial charge in [-0.3, -0.25) is 9.80 Å². The van der Waals surface area contributed by atoms with Crippen LogP contribution >= 0.6 is 0 Å². The number of hydrogen-bond donors (Lipinski definition) is 0. The van der Waals surface area contributed by atoms with Gasteiger partial charge >= 0.3 is 0 Å². The summed E-state index contributed by atoms with van der Waals surface area (Å²) in [5.41, 5.74) is 1.38. The summed E-state index contributed by atoms with van der Waals surface area (Å²) in [7, 11) is 2.23. The molecule has 1 aliphatic carbocycles. The fourth-order valence-corrected chi connectivity index (χ4v) is 3.28. The maximum atomic E-state index is 4.32. The smallest absolute Gasteiger partial charge is 0.0951 e. The van der Waals surface area contributed by atoms with E-state index < -0.39 is 0 Å². The van der Waals surface area contributed by atoms with Crippen molar-refractivity contribution < 1.29 is 0 Å². The molecule has 112 valence electrons. The Bertz CT molecular complexity index is 424. The van der Waals surface area contributed by atoms with Crippen molar-refractivity contribution in [3.63, 3.8) is 0 Å². The summed E-state index contributed by atoms with van der Waals surface area (Å²) in [5, 5.41) is 0. The first-order chi connectivity index (χ1) is 9.74. The van der Waals surface area contributed by atoms with Crippen molar-refractivity contribution in [1.29, 1.82) is 0 Å². The van der Waals surface area contributed by atoms with Gasteiger partial charge in [0.05, 0.1) is 12.0 Å². The molecule has 1 saturated carbocycles. The van der Waals surface area contributed by atoms with Gasteiger partial charge in [0.25, 0.3) is 0 Å². The number of rotatable bonds is 6. The van der Waals surface area contributed by atoms with Crippen LogP contribution in [0.5, 0.6) is 0 Å². The predicted octanol–water partition coefficient (Wildman–Crippen LogP) is 2.52. The summed E-state index contributed by atoms with van der Waals surface area (Å²) < 4.78 is 2.38. The molecule has 0 unspecified atom stereocenters. The molecular weight excluding hydrogens is 248 g/mol. The molecule has 0 aromatic carbocycles. The monoisotopic (exact) mass is 276 g/mol. The number of imidazole rings is 1. The topological polar surface area (TPSA) is 24.3 Å². The van der Waals surface area contributed by atoms with Gasteiger partial charge in [-0.1, -0.05) is 6.42 Å². The number of piperidine rings is 1. The van der Waals surface area contributed by atoms with E-state index in [2.05, 4.69) is 33.3 Å². The highest BCUT2D eigenvalue weighted by Gasteiger charge is 2.25. The van der Waals surface area contributed by atoms with Crippen molar-refractivity contribution in [3.05, 3.63) is 18.2 Å². The van der Waals surface area contributed by atoms with Crippen LogP contribution in [0.2, 0.25) is 0 Å². The van der Waals surface area contributed by atoms with Gasteiger partial charge in [-0.25, -0.2) is 4.98 Å². The molecule has 1 saturated heterocycles. The van der Waals surface area contributed by atoms with E-state index in [0.717, 1.165) is 25.2 Å². The van der Waals surface area contributed by atoms with Crippen molar-refractivity contribution in [2.24, 2.45) is 0 Å². The molecule has 0 N–H and O–H groups in total. The second-order valence-corrected chi connectivity index (χ2v) is 6.64. The molecule has 20 heavy (non-hydrogen) atoms. The first kappa shape index (κ1) is 14.1. The molecule has 4 nitrogen and oxygen atoms in total. The first-order valence-electron chi connectivity index (χ1n) is 8.17. The fraction of sp³-hybridized carbons (Fsp3) is 0.812. The first-order valence-corrected chi connectivity index (χ1v) is 8.17. The molecule has 2 heterocycles. The lowest BCUT2D eigenvalue weighted by molar-refractivity contribution is 0.140. The van der Waals surface area contributed by atoms with Gasteiger partial charge in [-0.05, 0) is 46.2 Å². The summed E-state index contributed by atoms with van der Waals surface area (Å²) in [5.74, 6) is 0. The molecule has 1 aliphatic heterocycles. The molecule has 2 fully saturated rings. The maximum Gasteiger partial charge on any atom is 0.0951 e. The Morgan fingerprint density at radius 2 is 2.15 bits per heavy atom. The number of aromatic nitrogens is 2. The molecule has 1 aromatic rings. The molecule has 2 aliphatic rings. The van der Waals surface area contributed by atoms with Crippen molar-refractivity contribution in [3.8, 4) is 0 Å². The zero-order chi connectivity index (χ0) is 13.9. The molecular formula is C16H28N4. The van der Waals surface area contributed by atoms with E-state index in [9.17, 15) is 0 Å². The van der Waals surface area contributed by atoms with Crippen molar-refractivity contribution >= 4 is 0 Å². The predicted molar refractivity (Wildman–Crippen MR) is 81.7 cm³/mol. The quantitative estimate of drug-likeness (QED) is 0.798. The lowest BCUT2D eigenvalue weighted by atomic mass is 10.0. The Morgan fingerprint density at radius 1 is 1.30 bits per heavy atom. The van der Waals surface area contributed by atoms with Gasteiger partial charge < -0.3 is 4.57 Å². The van der Waals surface area contributed by atoms with Gasteiger partial charge in [-0.2, -0.15) is 0 Å². The molecule has 1 atom stereocenters. The Hall–Kier alpha value is -0.870. The van der Waals surface area contributed by atoms with E-state index in [1.54, 1.807) is 0 Å². The highest BCUT2D eigenvalue weighted by atomic mass is 15.2. The van der Waals surface area contributed by atoms with Crippen molar-refractivity contribution in [1.82, 2.24) is 19.4 Å². The molecule has 0 bridgehead atoms. The van der Waals surface area contributed by atoms with Crippen LogP contribution in [0.4, 0.5) is 0 Å². The van der Waals surface area contributed by atoms with Crippen LogP contribution in [-0.4, -0.2) is 52.1 Å². The van der Waals surface area contributed by atoms with Gasteiger partial charge in [0.15, 0.2) is 0 Å². The normalized spacial score (nSPS) is 24.4. The third kappa shape index (κ3) is 3.41.